The number of carbonyl (C=O) groups is 1. The van der Waals surface area contributed by atoms with Crippen molar-refractivity contribution in [2.24, 2.45) is 0 Å². The summed E-state index contributed by atoms with van der Waals surface area (Å²) in [5, 5.41) is 3.63. The summed E-state index contributed by atoms with van der Waals surface area (Å²) in [6, 6.07) is 7.49. The first-order chi connectivity index (χ1) is 9.25. The average Bonchev–Trinajstić information content (AvgIpc) is 2.43. The Hall–Kier alpha value is -1.06. The Bertz CT molecular complexity index is 416. The highest BCUT2D eigenvalue weighted by Gasteiger charge is 2.10. The molecule has 1 aromatic carbocycles. The monoisotopic (exact) mass is 280 g/mol. The summed E-state index contributed by atoms with van der Waals surface area (Å²) >= 11 is 6.04. The van der Waals surface area contributed by atoms with Gasteiger partial charge in [-0.1, -0.05) is 36.2 Å². The van der Waals surface area contributed by atoms with Gasteiger partial charge in [0.2, 0.25) is 5.91 Å². The smallest absolute Gasteiger partial charge is 0.224 e. The van der Waals surface area contributed by atoms with Crippen molar-refractivity contribution in [3.63, 3.8) is 0 Å². The van der Waals surface area contributed by atoms with Crippen LogP contribution in [0.25, 0.3) is 0 Å². The van der Waals surface area contributed by atoms with Crippen molar-refractivity contribution >= 4 is 17.5 Å². The van der Waals surface area contributed by atoms with Crippen LogP contribution in [0.2, 0.25) is 5.02 Å². The molecule has 4 heteroatoms. The van der Waals surface area contributed by atoms with Crippen LogP contribution in [-0.4, -0.2) is 37.0 Å². The maximum absolute atomic E-state index is 11.8. The molecule has 1 fully saturated rings. The summed E-state index contributed by atoms with van der Waals surface area (Å²) in [6.45, 7) is 4.01. The number of carbonyl (C=O) groups excluding carboxylic acids is 1. The van der Waals surface area contributed by atoms with E-state index in [1.807, 2.05) is 24.3 Å². The predicted octanol–water partition coefficient (Wildman–Crippen LogP) is 2.48. The average molecular weight is 281 g/mol. The van der Waals surface area contributed by atoms with Crippen molar-refractivity contribution in [2.75, 3.05) is 26.2 Å². The zero-order valence-electron chi connectivity index (χ0n) is 11.2. The lowest BCUT2D eigenvalue weighted by molar-refractivity contribution is -0.120. The van der Waals surface area contributed by atoms with Gasteiger partial charge in [0.05, 0.1) is 6.42 Å². The van der Waals surface area contributed by atoms with Gasteiger partial charge in [-0.3, -0.25) is 4.79 Å². The number of benzene rings is 1. The second-order valence-electron chi connectivity index (χ2n) is 5.02. The van der Waals surface area contributed by atoms with Crippen LogP contribution in [0.1, 0.15) is 24.8 Å². The molecule has 2 rings (SSSR count). The largest absolute Gasteiger partial charge is 0.355 e. The third-order valence-electron chi connectivity index (χ3n) is 3.51. The van der Waals surface area contributed by atoms with Crippen molar-refractivity contribution in [3.8, 4) is 0 Å². The van der Waals surface area contributed by atoms with E-state index in [4.69, 9.17) is 11.6 Å². The number of halogens is 1. The summed E-state index contributed by atoms with van der Waals surface area (Å²) < 4.78 is 0. The van der Waals surface area contributed by atoms with Crippen LogP contribution in [-0.2, 0) is 11.2 Å². The lowest BCUT2D eigenvalue weighted by atomic mass is 10.1. The Morgan fingerprint density at radius 3 is 2.68 bits per heavy atom. The van der Waals surface area contributed by atoms with Crippen LogP contribution in [0.3, 0.4) is 0 Å². The summed E-state index contributed by atoms with van der Waals surface area (Å²) in [4.78, 5) is 14.2. The van der Waals surface area contributed by atoms with E-state index in [-0.39, 0.29) is 5.91 Å². The van der Waals surface area contributed by atoms with Crippen LogP contribution in [0.5, 0.6) is 0 Å². The number of nitrogens with zero attached hydrogens (tertiary/aromatic N) is 1. The van der Waals surface area contributed by atoms with Crippen LogP contribution >= 0.6 is 11.6 Å². The molecule has 0 bridgehead atoms. The Morgan fingerprint density at radius 1 is 1.21 bits per heavy atom. The van der Waals surface area contributed by atoms with E-state index in [0.717, 1.165) is 18.7 Å². The summed E-state index contributed by atoms with van der Waals surface area (Å²) in [5.74, 6) is 0.0464. The van der Waals surface area contributed by atoms with Crippen molar-refractivity contribution in [1.82, 2.24) is 10.2 Å². The standard InChI is InChI=1S/C15H21ClN2O/c16-14-7-3-2-6-13(14)12-15(19)17-8-11-18-9-4-1-5-10-18/h2-3,6-7H,1,4-5,8-12H2,(H,17,19). The van der Waals surface area contributed by atoms with Crippen molar-refractivity contribution < 1.29 is 4.79 Å². The molecule has 0 atom stereocenters. The van der Waals surface area contributed by atoms with E-state index in [1.54, 1.807) is 0 Å². The van der Waals surface area contributed by atoms with E-state index < -0.39 is 0 Å². The van der Waals surface area contributed by atoms with Crippen molar-refractivity contribution in [2.45, 2.75) is 25.7 Å². The number of nitrogens with one attached hydrogen (secondary N) is 1. The van der Waals surface area contributed by atoms with Gasteiger partial charge in [-0.2, -0.15) is 0 Å². The first-order valence-corrected chi connectivity index (χ1v) is 7.36. The van der Waals surface area contributed by atoms with Crippen LogP contribution in [0.4, 0.5) is 0 Å². The van der Waals surface area contributed by atoms with Crippen molar-refractivity contribution in [3.05, 3.63) is 34.9 Å². The number of rotatable bonds is 5. The Morgan fingerprint density at radius 2 is 1.95 bits per heavy atom. The van der Waals surface area contributed by atoms with Gasteiger partial charge in [-0.15, -0.1) is 0 Å². The second kappa shape index (κ2) is 7.51. The molecule has 1 aliphatic heterocycles. The normalized spacial score (nSPS) is 16.3. The maximum Gasteiger partial charge on any atom is 0.224 e. The second-order valence-corrected chi connectivity index (χ2v) is 5.43. The van der Waals surface area contributed by atoms with Crippen LogP contribution < -0.4 is 5.32 Å². The highest BCUT2D eigenvalue weighted by Crippen LogP contribution is 2.15. The third kappa shape index (κ3) is 4.84. The minimum absolute atomic E-state index is 0.0464. The Balaban J connectivity index is 1.68. The topological polar surface area (TPSA) is 32.3 Å². The van der Waals surface area contributed by atoms with E-state index in [1.165, 1.54) is 32.4 Å². The fourth-order valence-electron chi connectivity index (χ4n) is 2.41. The molecule has 0 saturated carbocycles. The molecule has 104 valence electrons. The number of piperidine rings is 1. The van der Waals surface area contributed by atoms with E-state index in [2.05, 4.69) is 10.2 Å². The fourth-order valence-corrected chi connectivity index (χ4v) is 2.62. The molecular formula is C15H21ClN2O. The summed E-state index contributed by atoms with van der Waals surface area (Å²) in [6.07, 6.45) is 4.27. The van der Waals surface area contributed by atoms with E-state index in [9.17, 15) is 4.79 Å². The molecule has 1 amide bonds. The molecule has 0 aliphatic carbocycles. The number of likely N-dealkylation sites (tertiary alicyclic amines) is 1. The first kappa shape index (κ1) is 14.4. The van der Waals surface area contributed by atoms with Gasteiger partial charge in [0.25, 0.3) is 0 Å². The molecule has 19 heavy (non-hydrogen) atoms. The molecule has 3 nitrogen and oxygen atoms in total. The van der Waals surface area contributed by atoms with Gasteiger partial charge in [-0.05, 0) is 37.6 Å². The molecule has 1 aromatic rings. The fraction of sp³-hybridized carbons (Fsp3) is 0.533. The van der Waals surface area contributed by atoms with Gasteiger partial charge < -0.3 is 10.2 Å². The minimum atomic E-state index is 0.0464. The summed E-state index contributed by atoms with van der Waals surface area (Å²) in [7, 11) is 0. The van der Waals surface area contributed by atoms with Gasteiger partial charge in [0.15, 0.2) is 0 Å². The molecular weight excluding hydrogens is 260 g/mol. The molecule has 1 aliphatic rings. The zero-order valence-corrected chi connectivity index (χ0v) is 12.0. The SMILES string of the molecule is O=C(Cc1ccccc1Cl)NCCN1CCCCC1. The number of amides is 1. The third-order valence-corrected chi connectivity index (χ3v) is 3.88. The zero-order chi connectivity index (χ0) is 13.5. The van der Waals surface area contributed by atoms with E-state index >= 15 is 0 Å². The summed E-state index contributed by atoms with van der Waals surface area (Å²) in [5.41, 5.74) is 0.889. The maximum atomic E-state index is 11.8. The van der Waals surface area contributed by atoms with Gasteiger partial charge in [-0.25, -0.2) is 0 Å². The molecule has 0 unspecified atom stereocenters. The van der Waals surface area contributed by atoms with Gasteiger partial charge >= 0.3 is 0 Å². The lowest BCUT2D eigenvalue weighted by Crippen LogP contribution is -2.38. The minimum Gasteiger partial charge on any atom is -0.355 e. The molecule has 0 aromatic heterocycles. The quantitative estimate of drug-likeness (QED) is 0.899. The highest BCUT2D eigenvalue weighted by molar-refractivity contribution is 6.31. The first-order valence-electron chi connectivity index (χ1n) is 6.98. The Kier molecular flexibility index (Phi) is 5.67. The molecule has 1 saturated heterocycles. The van der Waals surface area contributed by atoms with Crippen LogP contribution in [0.15, 0.2) is 24.3 Å². The Labute approximate surface area is 119 Å². The number of hydrogen-bond acceptors (Lipinski definition) is 2. The number of hydrogen-bond donors (Lipinski definition) is 1. The predicted molar refractivity (Wildman–Crippen MR) is 78.5 cm³/mol. The van der Waals surface area contributed by atoms with Gasteiger partial charge in [0.1, 0.15) is 0 Å². The highest BCUT2D eigenvalue weighted by atomic mass is 35.5. The molecule has 1 heterocycles. The van der Waals surface area contributed by atoms with Crippen molar-refractivity contribution in [1.29, 1.82) is 0 Å². The molecule has 1 N–H and O–H groups in total. The van der Waals surface area contributed by atoms with Gasteiger partial charge in [0, 0.05) is 18.1 Å². The molecule has 0 spiro atoms. The molecule has 0 radical (unpaired) electrons. The van der Waals surface area contributed by atoms with Crippen LogP contribution in [0, 0.1) is 0 Å². The van der Waals surface area contributed by atoms with E-state index in [0.29, 0.717) is 11.4 Å². The lowest BCUT2D eigenvalue weighted by Gasteiger charge is -2.26.